The Morgan fingerprint density at radius 1 is 0.938 bits per heavy atom. The predicted molar refractivity (Wildman–Crippen MR) is 127 cm³/mol. The summed E-state index contributed by atoms with van der Waals surface area (Å²) < 4.78 is 6.63. The Balaban J connectivity index is 1.77. The molecule has 0 aliphatic heterocycles. The minimum atomic E-state index is -0.241. The first-order chi connectivity index (χ1) is 15.6. The number of nitrogens with zero attached hydrogens (tertiary/aromatic N) is 4. The Morgan fingerprint density at radius 3 is 2.47 bits per heavy atom. The molecule has 5 aromatic rings. The highest BCUT2D eigenvalue weighted by atomic mass is 16.5. The molecule has 0 atom stereocenters. The van der Waals surface area contributed by atoms with Crippen molar-refractivity contribution in [3.05, 3.63) is 100 Å². The van der Waals surface area contributed by atoms with E-state index in [1.54, 1.807) is 25.6 Å². The van der Waals surface area contributed by atoms with Crippen molar-refractivity contribution in [3.63, 3.8) is 0 Å². The summed E-state index contributed by atoms with van der Waals surface area (Å²) >= 11 is 0. The Morgan fingerprint density at radius 2 is 1.72 bits per heavy atom. The third-order valence-corrected chi connectivity index (χ3v) is 5.35. The van der Waals surface area contributed by atoms with Gasteiger partial charge in [0, 0.05) is 17.1 Å². The standard InChI is InChI=1S/C26H20N4O2/c1-17-5-7-18(8-6-17)16-28-30-25(19-9-11-20(32-2)12-10-19)29-24-21-4-3-15-27-23(21)14-13-22(24)26(30)31/h3-16H,1-2H3/b28-16+. The molecule has 0 bridgehead atoms. The molecule has 6 nitrogen and oxygen atoms in total. The number of aryl methyl sites for hydroxylation is 1. The van der Waals surface area contributed by atoms with Crippen LogP contribution in [0.3, 0.4) is 0 Å². The van der Waals surface area contributed by atoms with Gasteiger partial charge in [0.05, 0.1) is 29.7 Å². The smallest absolute Gasteiger partial charge is 0.282 e. The highest BCUT2D eigenvalue weighted by Gasteiger charge is 2.15. The topological polar surface area (TPSA) is 69.4 Å². The summed E-state index contributed by atoms with van der Waals surface area (Å²) in [5.41, 5.74) is 3.96. The first-order valence-corrected chi connectivity index (χ1v) is 10.2. The van der Waals surface area contributed by atoms with Gasteiger partial charge in [0.25, 0.3) is 5.56 Å². The molecule has 0 aliphatic rings. The monoisotopic (exact) mass is 420 g/mol. The van der Waals surface area contributed by atoms with E-state index in [1.165, 1.54) is 4.68 Å². The summed E-state index contributed by atoms with van der Waals surface area (Å²) in [7, 11) is 1.62. The van der Waals surface area contributed by atoms with Crippen molar-refractivity contribution in [2.45, 2.75) is 6.92 Å². The molecule has 0 saturated heterocycles. The Labute approximate surface area is 184 Å². The highest BCUT2D eigenvalue weighted by Crippen LogP contribution is 2.25. The fourth-order valence-corrected chi connectivity index (χ4v) is 3.60. The SMILES string of the molecule is COc1ccc(-c2nc3c(ccc4ncccc43)c(=O)n2/N=C/c2ccc(C)cc2)cc1. The molecule has 0 unspecified atom stereocenters. The van der Waals surface area contributed by atoms with Crippen LogP contribution in [0.4, 0.5) is 0 Å². The normalized spacial score (nSPS) is 11.4. The van der Waals surface area contributed by atoms with Crippen molar-refractivity contribution in [2.75, 3.05) is 7.11 Å². The maximum atomic E-state index is 13.5. The molecule has 0 amide bonds. The summed E-state index contributed by atoms with van der Waals surface area (Å²) in [5, 5.41) is 5.84. The lowest BCUT2D eigenvalue weighted by Gasteiger charge is -2.11. The van der Waals surface area contributed by atoms with E-state index in [2.05, 4.69) is 10.1 Å². The third kappa shape index (κ3) is 3.52. The number of aromatic nitrogens is 3. The summed E-state index contributed by atoms with van der Waals surface area (Å²) in [6, 6.07) is 22.7. The van der Waals surface area contributed by atoms with Gasteiger partial charge in [-0.05, 0) is 61.0 Å². The number of hydrogen-bond donors (Lipinski definition) is 0. The molecule has 2 aromatic heterocycles. The summed E-state index contributed by atoms with van der Waals surface area (Å²) in [6.07, 6.45) is 3.40. The molecular formula is C26H20N4O2. The van der Waals surface area contributed by atoms with E-state index >= 15 is 0 Å². The van der Waals surface area contributed by atoms with Gasteiger partial charge in [-0.3, -0.25) is 9.78 Å². The molecular weight excluding hydrogens is 400 g/mol. The molecule has 32 heavy (non-hydrogen) atoms. The van der Waals surface area contributed by atoms with Crippen LogP contribution in [-0.2, 0) is 0 Å². The van der Waals surface area contributed by atoms with Gasteiger partial charge in [-0.25, -0.2) is 4.98 Å². The van der Waals surface area contributed by atoms with Crippen LogP contribution in [0.5, 0.6) is 5.75 Å². The number of pyridine rings is 1. The summed E-state index contributed by atoms with van der Waals surface area (Å²) in [5.74, 6) is 1.17. The Kier molecular flexibility index (Phi) is 4.95. The minimum absolute atomic E-state index is 0.241. The molecule has 0 aliphatic carbocycles. The van der Waals surface area contributed by atoms with Crippen molar-refractivity contribution < 1.29 is 4.74 Å². The first kappa shape index (κ1) is 19.6. The molecule has 3 aromatic carbocycles. The number of methoxy groups -OCH3 is 1. The lowest BCUT2D eigenvalue weighted by molar-refractivity contribution is 0.415. The molecule has 0 saturated carbocycles. The molecule has 0 radical (unpaired) electrons. The average molecular weight is 420 g/mol. The summed E-state index contributed by atoms with van der Waals surface area (Å²) in [4.78, 5) is 22.8. The van der Waals surface area contributed by atoms with E-state index < -0.39 is 0 Å². The lowest BCUT2D eigenvalue weighted by Crippen LogP contribution is -2.20. The Hall–Kier alpha value is -4.32. The molecule has 6 heteroatoms. The zero-order chi connectivity index (χ0) is 22.1. The third-order valence-electron chi connectivity index (χ3n) is 5.35. The highest BCUT2D eigenvalue weighted by molar-refractivity contribution is 6.03. The van der Waals surface area contributed by atoms with Gasteiger partial charge in [-0.2, -0.15) is 9.78 Å². The van der Waals surface area contributed by atoms with Crippen molar-refractivity contribution in [1.29, 1.82) is 0 Å². The van der Waals surface area contributed by atoms with Crippen LogP contribution < -0.4 is 10.3 Å². The zero-order valence-corrected chi connectivity index (χ0v) is 17.7. The van der Waals surface area contributed by atoms with Gasteiger partial charge in [-0.1, -0.05) is 29.8 Å². The van der Waals surface area contributed by atoms with Gasteiger partial charge in [0.1, 0.15) is 5.75 Å². The van der Waals surface area contributed by atoms with Gasteiger partial charge in [0.2, 0.25) is 0 Å². The minimum Gasteiger partial charge on any atom is -0.497 e. The lowest BCUT2D eigenvalue weighted by atomic mass is 10.1. The average Bonchev–Trinajstić information content (AvgIpc) is 2.84. The second-order valence-electron chi connectivity index (χ2n) is 7.47. The van der Waals surface area contributed by atoms with Crippen molar-refractivity contribution >= 4 is 28.0 Å². The van der Waals surface area contributed by atoms with Gasteiger partial charge >= 0.3 is 0 Å². The van der Waals surface area contributed by atoms with Crippen LogP contribution in [0, 0.1) is 6.92 Å². The van der Waals surface area contributed by atoms with Crippen molar-refractivity contribution in [1.82, 2.24) is 14.6 Å². The second-order valence-corrected chi connectivity index (χ2v) is 7.47. The molecule has 2 heterocycles. The Bertz CT molecular complexity index is 1520. The molecule has 5 rings (SSSR count). The van der Waals surface area contributed by atoms with Crippen LogP contribution in [0.25, 0.3) is 33.2 Å². The van der Waals surface area contributed by atoms with Crippen LogP contribution in [0.15, 0.2) is 88.9 Å². The second kappa shape index (κ2) is 8.07. The van der Waals surface area contributed by atoms with E-state index in [4.69, 9.17) is 9.72 Å². The van der Waals surface area contributed by atoms with E-state index in [-0.39, 0.29) is 5.56 Å². The van der Waals surface area contributed by atoms with Crippen LogP contribution in [-0.4, -0.2) is 28.0 Å². The predicted octanol–water partition coefficient (Wildman–Crippen LogP) is 4.81. The van der Waals surface area contributed by atoms with Crippen LogP contribution >= 0.6 is 0 Å². The van der Waals surface area contributed by atoms with Crippen molar-refractivity contribution in [3.8, 4) is 17.1 Å². The molecule has 156 valence electrons. The fraction of sp³-hybridized carbons (Fsp3) is 0.0769. The van der Waals surface area contributed by atoms with E-state index in [9.17, 15) is 4.79 Å². The number of rotatable bonds is 4. The molecule has 0 fully saturated rings. The molecule has 0 N–H and O–H groups in total. The number of fused-ring (bicyclic) bond motifs is 3. The van der Waals surface area contributed by atoms with Gasteiger partial charge in [-0.15, -0.1) is 0 Å². The summed E-state index contributed by atoms with van der Waals surface area (Å²) in [6.45, 7) is 2.03. The van der Waals surface area contributed by atoms with E-state index in [0.717, 1.165) is 33.3 Å². The van der Waals surface area contributed by atoms with Crippen LogP contribution in [0.2, 0.25) is 0 Å². The van der Waals surface area contributed by atoms with Crippen molar-refractivity contribution in [2.24, 2.45) is 5.10 Å². The largest absolute Gasteiger partial charge is 0.497 e. The van der Waals surface area contributed by atoms with Gasteiger partial charge < -0.3 is 4.74 Å². The fourth-order valence-electron chi connectivity index (χ4n) is 3.60. The maximum absolute atomic E-state index is 13.5. The number of benzene rings is 3. The quantitative estimate of drug-likeness (QED) is 0.309. The maximum Gasteiger partial charge on any atom is 0.282 e. The van der Waals surface area contributed by atoms with E-state index in [0.29, 0.717) is 16.7 Å². The first-order valence-electron chi connectivity index (χ1n) is 10.2. The number of hydrogen-bond acceptors (Lipinski definition) is 5. The number of ether oxygens (including phenoxy) is 1. The molecule has 0 spiro atoms. The van der Waals surface area contributed by atoms with Gasteiger partial charge in [0.15, 0.2) is 5.82 Å². The van der Waals surface area contributed by atoms with E-state index in [1.807, 2.05) is 73.7 Å². The van der Waals surface area contributed by atoms with Crippen LogP contribution in [0.1, 0.15) is 11.1 Å². The zero-order valence-electron chi connectivity index (χ0n) is 17.7.